The van der Waals surface area contributed by atoms with Gasteiger partial charge in [-0.05, 0) is 18.6 Å². The average molecular weight is 249 g/mol. The van der Waals surface area contributed by atoms with Crippen LogP contribution in [0.15, 0.2) is 24.3 Å². The minimum absolute atomic E-state index is 0.0192. The summed E-state index contributed by atoms with van der Waals surface area (Å²) in [7, 11) is 0. The topological polar surface area (TPSA) is 93.5 Å². The molecule has 0 radical (unpaired) electrons. The molecule has 0 spiro atoms. The number of anilines is 1. The molecule has 1 atom stereocenters. The van der Waals surface area contributed by atoms with Gasteiger partial charge in [-0.2, -0.15) is 0 Å². The zero-order valence-corrected chi connectivity index (χ0v) is 9.81. The molecule has 1 aromatic rings. The third kappa shape index (κ3) is 2.98. The number of rotatable bonds is 3. The Morgan fingerprint density at radius 1 is 1.33 bits per heavy atom. The Morgan fingerprint density at radius 3 is 2.78 bits per heavy atom. The molecular formula is C12H15N3O3. The van der Waals surface area contributed by atoms with Crippen LogP contribution in [0.5, 0.6) is 0 Å². The molecule has 1 aliphatic rings. The molecule has 0 saturated carbocycles. The minimum atomic E-state index is -0.574. The van der Waals surface area contributed by atoms with Crippen molar-refractivity contribution in [3.05, 3.63) is 29.8 Å². The van der Waals surface area contributed by atoms with Crippen LogP contribution in [-0.4, -0.2) is 31.2 Å². The quantitative estimate of drug-likeness (QED) is 0.736. The van der Waals surface area contributed by atoms with Crippen LogP contribution in [0.1, 0.15) is 16.8 Å². The number of urea groups is 1. The Labute approximate surface area is 104 Å². The Morgan fingerprint density at radius 2 is 2.11 bits per heavy atom. The maximum absolute atomic E-state index is 11.7. The zero-order chi connectivity index (χ0) is 13.0. The van der Waals surface area contributed by atoms with Crippen molar-refractivity contribution in [1.29, 1.82) is 0 Å². The van der Waals surface area contributed by atoms with Crippen LogP contribution in [0.25, 0.3) is 0 Å². The van der Waals surface area contributed by atoms with Crippen LogP contribution < -0.4 is 16.4 Å². The molecule has 6 heteroatoms. The summed E-state index contributed by atoms with van der Waals surface area (Å²) >= 11 is 0. The molecule has 2 rings (SSSR count). The molecule has 0 aliphatic carbocycles. The van der Waals surface area contributed by atoms with Crippen molar-refractivity contribution >= 4 is 17.6 Å². The van der Waals surface area contributed by atoms with Gasteiger partial charge in [0.05, 0.1) is 23.9 Å². The molecule has 0 bridgehead atoms. The van der Waals surface area contributed by atoms with Crippen molar-refractivity contribution in [3.8, 4) is 0 Å². The summed E-state index contributed by atoms with van der Waals surface area (Å²) in [6, 6.07) is 6.26. The standard InChI is InChI=1S/C12H15N3O3/c13-11(16)9-3-1-2-4-10(9)15-12(17)14-8-5-6-18-7-8/h1-4,8H,5-7H2,(H2,13,16)(H2,14,15,17). The highest BCUT2D eigenvalue weighted by molar-refractivity contribution is 6.02. The number of para-hydroxylation sites is 1. The van der Waals surface area contributed by atoms with Crippen LogP contribution in [-0.2, 0) is 4.74 Å². The normalized spacial score (nSPS) is 18.3. The molecule has 0 aromatic heterocycles. The molecule has 6 nitrogen and oxygen atoms in total. The van der Waals surface area contributed by atoms with Crippen molar-refractivity contribution in [3.63, 3.8) is 0 Å². The second-order valence-corrected chi connectivity index (χ2v) is 4.07. The summed E-state index contributed by atoms with van der Waals surface area (Å²) in [6.07, 6.45) is 0.797. The number of primary amides is 1. The van der Waals surface area contributed by atoms with E-state index < -0.39 is 5.91 Å². The Kier molecular flexibility index (Phi) is 3.78. The first kappa shape index (κ1) is 12.4. The molecule has 1 unspecified atom stereocenters. The highest BCUT2D eigenvalue weighted by Gasteiger charge is 2.18. The van der Waals surface area contributed by atoms with Crippen molar-refractivity contribution in [2.24, 2.45) is 5.73 Å². The van der Waals surface area contributed by atoms with Crippen molar-refractivity contribution in [2.75, 3.05) is 18.5 Å². The maximum atomic E-state index is 11.7. The van der Waals surface area contributed by atoms with Gasteiger partial charge in [0.2, 0.25) is 0 Å². The minimum Gasteiger partial charge on any atom is -0.379 e. The predicted octanol–water partition coefficient (Wildman–Crippen LogP) is 0.696. The fraction of sp³-hybridized carbons (Fsp3) is 0.333. The first-order valence-electron chi connectivity index (χ1n) is 5.71. The smallest absolute Gasteiger partial charge is 0.319 e. The molecule has 1 aliphatic heterocycles. The highest BCUT2D eigenvalue weighted by atomic mass is 16.5. The SMILES string of the molecule is NC(=O)c1ccccc1NC(=O)NC1CCOC1. The number of hydrogen-bond donors (Lipinski definition) is 3. The van der Waals surface area contributed by atoms with Crippen LogP contribution in [0, 0.1) is 0 Å². The van der Waals surface area contributed by atoms with Crippen molar-refractivity contribution < 1.29 is 14.3 Å². The van der Waals surface area contributed by atoms with Gasteiger partial charge in [0, 0.05) is 6.61 Å². The van der Waals surface area contributed by atoms with Gasteiger partial charge in [-0.1, -0.05) is 12.1 Å². The Balaban J connectivity index is 2.00. The van der Waals surface area contributed by atoms with E-state index in [1.807, 2.05) is 0 Å². The molecule has 1 saturated heterocycles. The lowest BCUT2D eigenvalue weighted by Gasteiger charge is -2.13. The molecule has 3 amide bonds. The van der Waals surface area contributed by atoms with Gasteiger partial charge < -0.3 is 21.1 Å². The number of amides is 3. The third-order valence-electron chi connectivity index (χ3n) is 2.71. The van der Waals surface area contributed by atoms with Gasteiger partial charge in [0.1, 0.15) is 0 Å². The lowest BCUT2D eigenvalue weighted by Crippen LogP contribution is -2.38. The van der Waals surface area contributed by atoms with Gasteiger partial charge >= 0.3 is 6.03 Å². The number of carbonyl (C=O) groups excluding carboxylic acids is 2. The third-order valence-corrected chi connectivity index (χ3v) is 2.71. The molecule has 1 aromatic carbocycles. The number of hydrogen-bond acceptors (Lipinski definition) is 3. The van der Waals surface area contributed by atoms with Gasteiger partial charge in [-0.3, -0.25) is 4.79 Å². The predicted molar refractivity (Wildman–Crippen MR) is 66.3 cm³/mol. The second-order valence-electron chi connectivity index (χ2n) is 4.07. The number of nitrogens with two attached hydrogens (primary N) is 1. The average Bonchev–Trinajstić information content (AvgIpc) is 2.82. The number of ether oxygens (including phenoxy) is 1. The first-order valence-corrected chi connectivity index (χ1v) is 5.71. The van der Waals surface area contributed by atoms with Crippen LogP contribution in [0.2, 0.25) is 0 Å². The lowest BCUT2D eigenvalue weighted by atomic mass is 10.1. The lowest BCUT2D eigenvalue weighted by molar-refractivity contribution is 0.100. The summed E-state index contributed by atoms with van der Waals surface area (Å²) in [5.74, 6) is -0.574. The summed E-state index contributed by atoms with van der Waals surface area (Å²) in [4.78, 5) is 22.9. The molecule has 18 heavy (non-hydrogen) atoms. The van der Waals surface area contributed by atoms with E-state index in [1.54, 1.807) is 24.3 Å². The number of benzene rings is 1. The van der Waals surface area contributed by atoms with E-state index in [-0.39, 0.29) is 17.6 Å². The molecule has 1 heterocycles. The van der Waals surface area contributed by atoms with E-state index in [1.165, 1.54) is 0 Å². The van der Waals surface area contributed by atoms with Gasteiger partial charge in [-0.25, -0.2) is 4.79 Å². The van der Waals surface area contributed by atoms with E-state index in [0.29, 0.717) is 18.9 Å². The fourth-order valence-electron chi connectivity index (χ4n) is 1.80. The zero-order valence-electron chi connectivity index (χ0n) is 9.81. The number of nitrogens with one attached hydrogen (secondary N) is 2. The summed E-state index contributed by atoms with van der Waals surface area (Å²) in [5, 5.41) is 5.38. The molecular weight excluding hydrogens is 234 g/mol. The van der Waals surface area contributed by atoms with Gasteiger partial charge in [0.15, 0.2) is 0 Å². The molecule has 4 N–H and O–H groups in total. The first-order chi connectivity index (χ1) is 8.66. The highest BCUT2D eigenvalue weighted by Crippen LogP contribution is 2.14. The van der Waals surface area contributed by atoms with E-state index in [9.17, 15) is 9.59 Å². The van der Waals surface area contributed by atoms with E-state index in [0.717, 1.165) is 6.42 Å². The number of carbonyl (C=O) groups is 2. The van der Waals surface area contributed by atoms with Gasteiger partial charge in [-0.15, -0.1) is 0 Å². The summed E-state index contributed by atoms with van der Waals surface area (Å²) in [6.45, 7) is 1.17. The molecule has 96 valence electrons. The Bertz CT molecular complexity index is 456. The van der Waals surface area contributed by atoms with Gasteiger partial charge in [0.25, 0.3) is 5.91 Å². The van der Waals surface area contributed by atoms with Crippen LogP contribution in [0.4, 0.5) is 10.5 Å². The Hall–Kier alpha value is -2.08. The molecule has 1 fully saturated rings. The summed E-state index contributed by atoms with van der Waals surface area (Å²) in [5.41, 5.74) is 5.91. The van der Waals surface area contributed by atoms with E-state index in [4.69, 9.17) is 10.5 Å². The summed E-state index contributed by atoms with van der Waals surface area (Å²) < 4.78 is 5.15. The van der Waals surface area contributed by atoms with Crippen molar-refractivity contribution in [2.45, 2.75) is 12.5 Å². The monoisotopic (exact) mass is 249 g/mol. The van der Waals surface area contributed by atoms with E-state index >= 15 is 0 Å². The van der Waals surface area contributed by atoms with Crippen molar-refractivity contribution in [1.82, 2.24) is 5.32 Å². The second kappa shape index (κ2) is 5.50. The van der Waals surface area contributed by atoms with E-state index in [2.05, 4.69) is 10.6 Å². The van der Waals surface area contributed by atoms with Crippen LogP contribution in [0.3, 0.4) is 0 Å². The van der Waals surface area contributed by atoms with Crippen LogP contribution >= 0.6 is 0 Å². The fourth-order valence-corrected chi connectivity index (χ4v) is 1.80. The largest absolute Gasteiger partial charge is 0.379 e. The maximum Gasteiger partial charge on any atom is 0.319 e.